The van der Waals surface area contributed by atoms with Gasteiger partial charge in [-0.15, -0.1) is 0 Å². The monoisotopic (exact) mass is 320 g/mol. The molecule has 0 aliphatic rings. The van der Waals surface area contributed by atoms with Crippen LogP contribution in [0.2, 0.25) is 5.02 Å². The number of benzene rings is 1. The van der Waals surface area contributed by atoms with Gasteiger partial charge in [0.25, 0.3) is 0 Å². The average Bonchev–Trinajstić information content (AvgIpc) is 2.69. The zero-order valence-corrected chi connectivity index (χ0v) is 10.5. The Morgan fingerprint density at radius 3 is 2.47 bits per heavy atom. The van der Waals surface area contributed by atoms with Crippen LogP contribution in [-0.4, -0.2) is 5.78 Å². The van der Waals surface area contributed by atoms with Crippen LogP contribution in [0.5, 0.6) is 0 Å². The molecule has 1 aromatic carbocycles. The largest absolute Gasteiger partial charge is 0.457 e. The fourth-order valence-electron chi connectivity index (χ4n) is 1.30. The van der Waals surface area contributed by atoms with E-state index in [1.54, 1.807) is 0 Å². The maximum absolute atomic E-state index is 13.0. The van der Waals surface area contributed by atoms with Crippen LogP contribution in [0, 0.1) is 11.6 Å². The van der Waals surface area contributed by atoms with Crippen LogP contribution in [0.25, 0.3) is 0 Å². The normalized spacial score (nSPS) is 10.6. The summed E-state index contributed by atoms with van der Waals surface area (Å²) < 4.78 is 31.0. The van der Waals surface area contributed by atoms with Crippen LogP contribution >= 0.6 is 27.5 Å². The van der Waals surface area contributed by atoms with E-state index in [1.807, 2.05) is 0 Å². The number of hydrogen-bond acceptors (Lipinski definition) is 2. The van der Waals surface area contributed by atoms with Crippen LogP contribution in [0.1, 0.15) is 15.9 Å². The van der Waals surface area contributed by atoms with E-state index in [0.717, 1.165) is 12.1 Å². The van der Waals surface area contributed by atoms with Crippen molar-refractivity contribution in [3.63, 3.8) is 0 Å². The quantitative estimate of drug-likeness (QED) is 0.613. The molecule has 1 heterocycles. The molecular formula is C11H4BrClF2O2. The first-order valence-corrected chi connectivity index (χ1v) is 5.60. The van der Waals surface area contributed by atoms with Gasteiger partial charge in [-0.2, -0.15) is 0 Å². The number of halogens is 4. The first-order chi connectivity index (χ1) is 8.00. The molecule has 17 heavy (non-hydrogen) atoms. The van der Waals surface area contributed by atoms with E-state index in [-0.39, 0.29) is 20.8 Å². The van der Waals surface area contributed by atoms with Crippen LogP contribution in [-0.2, 0) is 0 Å². The number of furan rings is 1. The van der Waals surface area contributed by atoms with E-state index in [0.29, 0.717) is 0 Å². The Morgan fingerprint density at radius 1 is 1.24 bits per heavy atom. The summed E-state index contributed by atoms with van der Waals surface area (Å²) in [5.41, 5.74) is 0.0746. The van der Waals surface area contributed by atoms with Crippen LogP contribution in [0.4, 0.5) is 8.78 Å². The lowest BCUT2D eigenvalue weighted by molar-refractivity contribution is 0.103. The molecule has 0 bridgehead atoms. The van der Waals surface area contributed by atoms with Crippen LogP contribution in [0.15, 0.2) is 33.5 Å². The zero-order valence-electron chi connectivity index (χ0n) is 8.14. The summed E-state index contributed by atoms with van der Waals surface area (Å²) in [5.74, 6) is -2.77. The van der Waals surface area contributed by atoms with E-state index in [1.165, 1.54) is 12.3 Å². The van der Waals surface area contributed by atoms with Crippen molar-refractivity contribution in [3.8, 4) is 0 Å². The van der Waals surface area contributed by atoms with Gasteiger partial charge in [0.05, 0.1) is 16.8 Å². The predicted octanol–water partition coefficient (Wildman–Crippen LogP) is 4.20. The molecule has 0 aliphatic carbocycles. The fraction of sp³-hybridized carbons (Fsp3) is 0. The van der Waals surface area contributed by atoms with Gasteiger partial charge < -0.3 is 4.42 Å². The van der Waals surface area contributed by atoms with Gasteiger partial charge in [0.15, 0.2) is 22.1 Å². The van der Waals surface area contributed by atoms with Gasteiger partial charge in [0.1, 0.15) is 0 Å². The molecule has 0 saturated heterocycles. The van der Waals surface area contributed by atoms with Gasteiger partial charge in [-0.25, -0.2) is 8.78 Å². The van der Waals surface area contributed by atoms with Gasteiger partial charge in [0.2, 0.25) is 0 Å². The molecule has 0 N–H and O–H groups in total. The van der Waals surface area contributed by atoms with Crippen molar-refractivity contribution in [2.75, 3.05) is 0 Å². The van der Waals surface area contributed by atoms with Crippen molar-refractivity contribution in [2.24, 2.45) is 0 Å². The first-order valence-electron chi connectivity index (χ1n) is 4.43. The average molecular weight is 322 g/mol. The second-order valence-electron chi connectivity index (χ2n) is 3.18. The third-order valence-corrected chi connectivity index (χ3v) is 3.04. The molecule has 2 nitrogen and oxygen atoms in total. The maximum Gasteiger partial charge on any atom is 0.199 e. The van der Waals surface area contributed by atoms with Gasteiger partial charge in [0, 0.05) is 5.56 Å². The first kappa shape index (κ1) is 12.3. The molecule has 0 spiro atoms. The summed E-state index contributed by atoms with van der Waals surface area (Å²) in [7, 11) is 0. The number of ketones is 1. The molecule has 1 aromatic heterocycles. The van der Waals surface area contributed by atoms with E-state index in [2.05, 4.69) is 15.9 Å². The smallest absolute Gasteiger partial charge is 0.199 e. The zero-order chi connectivity index (χ0) is 12.6. The second-order valence-corrected chi connectivity index (χ2v) is 4.31. The number of hydrogen-bond donors (Lipinski definition) is 0. The minimum absolute atomic E-state index is 0.118. The molecule has 0 radical (unpaired) electrons. The SMILES string of the molecule is O=C(c1cc(F)c(F)cc1Cl)c1ccoc1Br. The van der Waals surface area contributed by atoms with Gasteiger partial charge >= 0.3 is 0 Å². The molecule has 6 heteroatoms. The van der Waals surface area contributed by atoms with Gasteiger partial charge in [-0.05, 0) is 34.1 Å². The molecule has 0 amide bonds. The summed E-state index contributed by atoms with van der Waals surface area (Å²) in [6.45, 7) is 0. The molecule has 0 atom stereocenters. The molecule has 2 aromatic rings. The molecule has 0 fully saturated rings. The lowest BCUT2D eigenvalue weighted by Crippen LogP contribution is -2.03. The minimum Gasteiger partial charge on any atom is -0.457 e. The van der Waals surface area contributed by atoms with E-state index >= 15 is 0 Å². The summed E-state index contributed by atoms with van der Waals surface area (Å²) in [6, 6.07) is 2.93. The lowest BCUT2D eigenvalue weighted by atomic mass is 10.1. The number of carbonyl (C=O) groups is 1. The summed E-state index contributed by atoms with van der Waals surface area (Å²) in [5, 5.41) is -0.151. The molecule has 0 saturated carbocycles. The highest BCUT2D eigenvalue weighted by Gasteiger charge is 2.20. The van der Waals surface area contributed by atoms with Crippen LogP contribution < -0.4 is 0 Å². The van der Waals surface area contributed by atoms with Crippen molar-refractivity contribution in [1.82, 2.24) is 0 Å². The van der Waals surface area contributed by atoms with Crippen molar-refractivity contribution in [2.45, 2.75) is 0 Å². The third kappa shape index (κ3) is 2.25. The van der Waals surface area contributed by atoms with E-state index < -0.39 is 17.4 Å². The topological polar surface area (TPSA) is 30.2 Å². The minimum atomic E-state index is -1.13. The van der Waals surface area contributed by atoms with Crippen molar-refractivity contribution in [3.05, 3.63) is 56.9 Å². The summed E-state index contributed by atoms with van der Waals surface area (Å²) in [6.07, 6.45) is 1.30. The Labute approximate surface area is 108 Å². The third-order valence-electron chi connectivity index (χ3n) is 2.12. The Morgan fingerprint density at radius 2 is 1.88 bits per heavy atom. The predicted molar refractivity (Wildman–Crippen MR) is 61.2 cm³/mol. The molecule has 2 rings (SSSR count). The Bertz CT molecular complexity index is 595. The summed E-state index contributed by atoms with van der Waals surface area (Å²) in [4.78, 5) is 11.9. The van der Waals surface area contributed by atoms with Crippen molar-refractivity contribution in [1.29, 1.82) is 0 Å². The maximum atomic E-state index is 13.0. The molecule has 0 unspecified atom stereocenters. The number of rotatable bonds is 2. The Balaban J connectivity index is 2.52. The molecular weight excluding hydrogens is 317 g/mol. The summed E-state index contributed by atoms with van der Waals surface area (Å²) >= 11 is 8.72. The highest BCUT2D eigenvalue weighted by molar-refractivity contribution is 9.10. The second kappa shape index (κ2) is 4.58. The van der Waals surface area contributed by atoms with Gasteiger partial charge in [-0.1, -0.05) is 11.6 Å². The Hall–Kier alpha value is -1.20. The molecule has 0 aliphatic heterocycles. The van der Waals surface area contributed by atoms with Gasteiger partial charge in [-0.3, -0.25) is 4.79 Å². The number of carbonyl (C=O) groups excluding carboxylic acids is 1. The van der Waals surface area contributed by atoms with Crippen molar-refractivity contribution < 1.29 is 18.0 Å². The van der Waals surface area contributed by atoms with E-state index in [9.17, 15) is 13.6 Å². The standard InChI is InChI=1S/C11H4BrClF2O2/c12-11-5(1-2-17-11)10(16)6-3-8(14)9(15)4-7(6)13/h1-4H. The lowest BCUT2D eigenvalue weighted by Gasteiger charge is -2.03. The highest BCUT2D eigenvalue weighted by Crippen LogP contribution is 2.26. The Kier molecular flexibility index (Phi) is 3.31. The van der Waals surface area contributed by atoms with Crippen LogP contribution in [0.3, 0.4) is 0 Å². The highest BCUT2D eigenvalue weighted by atomic mass is 79.9. The van der Waals surface area contributed by atoms with E-state index in [4.69, 9.17) is 16.0 Å². The molecule has 88 valence electrons. The fourth-order valence-corrected chi connectivity index (χ4v) is 1.95. The van der Waals surface area contributed by atoms with Crippen molar-refractivity contribution >= 4 is 33.3 Å².